The van der Waals surface area contributed by atoms with Gasteiger partial charge in [-0.1, -0.05) is 48.5 Å². The Bertz CT molecular complexity index is 877. The van der Waals surface area contributed by atoms with Gasteiger partial charge in [-0.05, 0) is 30.7 Å². The van der Waals surface area contributed by atoms with Crippen LogP contribution in [0.15, 0.2) is 66.7 Å². The van der Waals surface area contributed by atoms with Gasteiger partial charge in [0.25, 0.3) is 0 Å². The minimum absolute atomic E-state index is 0.135. The summed E-state index contributed by atoms with van der Waals surface area (Å²) in [7, 11) is 0. The van der Waals surface area contributed by atoms with Crippen molar-refractivity contribution in [2.75, 3.05) is 5.73 Å². The maximum atomic E-state index is 14.5. The summed E-state index contributed by atoms with van der Waals surface area (Å²) in [4.78, 5) is 12.4. The predicted octanol–water partition coefficient (Wildman–Crippen LogP) is 4.60. The second-order valence-corrected chi connectivity index (χ2v) is 5.39. The van der Waals surface area contributed by atoms with Gasteiger partial charge in [-0.25, -0.2) is 9.18 Å². The lowest BCUT2D eigenvalue weighted by Crippen LogP contribution is -2.13. The first-order valence-electron chi connectivity index (χ1n) is 7.49. The lowest BCUT2D eigenvalue weighted by molar-refractivity contribution is 0.0730. The average Bonchev–Trinajstić information content (AvgIpc) is 2.61. The molecule has 0 fully saturated rings. The van der Waals surface area contributed by atoms with Crippen molar-refractivity contribution < 1.29 is 13.9 Å². The zero-order valence-electron chi connectivity index (χ0n) is 13.1. The molecule has 0 saturated heterocycles. The number of rotatable bonds is 3. The van der Waals surface area contributed by atoms with Crippen molar-refractivity contribution in [1.29, 1.82) is 0 Å². The van der Waals surface area contributed by atoms with Crippen molar-refractivity contribution in [2.24, 2.45) is 0 Å². The largest absolute Gasteiger partial charge is 0.423 e. The van der Waals surface area contributed by atoms with Crippen LogP contribution in [-0.4, -0.2) is 5.97 Å². The third-order valence-electron chi connectivity index (χ3n) is 3.81. The van der Waals surface area contributed by atoms with E-state index in [9.17, 15) is 9.18 Å². The Kier molecular flexibility index (Phi) is 4.29. The first-order valence-corrected chi connectivity index (χ1v) is 7.49. The molecule has 0 heterocycles. The number of hydrogen-bond donors (Lipinski definition) is 1. The molecule has 0 bridgehead atoms. The molecule has 0 unspecified atom stereocenters. The Hall–Kier alpha value is -3.14. The summed E-state index contributed by atoms with van der Waals surface area (Å²) in [6.07, 6.45) is 0. The summed E-state index contributed by atoms with van der Waals surface area (Å²) in [6, 6.07) is 19.3. The molecule has 2 N–H and O–H groups in total. The minimum atomic E-state index is -0.751. The van der Waals surface area contributed by atoms with Gasteiger partial charge in [0.1, 0.15) is 11.6 Å². The molecular formula is C20H16FNO2. The molecule has 0 aliphatic carbocycles. The third-order valence-corrected chi connectivity index (χ3v) is 3.81. The van der Waals surface area contributed by atoms with Gasteiger partial charge in [-0.3, -0.25) is 0 Å². The highest BCUT2D eigenvalue weighted by atomic mass is 19.1. The molecule has 0 saturated carbocycles. The van der Waals surface area contributed by atoms with E-state index in [0.29, 0.717) is 17.0 Å². The highest BCUT2D eigenvalue weighted by molar-refractivity contribution is 5.95. The van der Waals surface area contributed by atoms with Gasteiger partial charge in [0, 0.05) is 16.8 Å². The number of nitrogen functional groups attached to an aromatic ring is 1. The monoisotopic (exact) mass is 321 g/mol. The number of hydrogen-bond acceptors (Lipinski definition) is 3. The first kappa shape index (κ1) is 15.7. The molecule has 0 spiro atoms. The van der Waals surface area contributed by atoms with Gasteiger partial charge in [-0.15, -0.1) is 0 Å². The lowest BCUT2D eigenvalue weighted by atomic mass is 9.97. The number of halogens is 1. The molecule has 24 heavy (non-hydrogen) atoms. The van der Waals surface area contributed by atoms with E-state index in [4.69, 9.17) is 10.5 Å². The molecule has 3 nitrogen and oxygen atoms in total. The van der Waals surface area contributed by atoms with Crippen LogP contribution in [0.2, 0.25) is 0 Å². The van der Waals surface area contributed by atoms with Crippen molar-refractivity contribution in [3.8, 4) is 16.9 Å². The van der Waals surface area contributed by atoms with Gasteiger partial charge in [0.15, 0.2) is 0 Å². The molecule has 120 valence electrons. The van der Waals surface area contributed by atoms with E-state index in [2.05, 4.69) is 0 Å². The molecule has 0 amide bonds. The summed E-state index contributed by atoms with van der Waals surface area (Å²) in [6.45, 7) is 1.55. The summed E-state index contributed by atoms with van der Waals surface area (Å²) in [5.41, 5.74) is 7.88. The number of carbonyl (C=O) groups excluding carboxylic acids is 1. The van der Waals surface area contributed by atoms with Gasteiger partial charge < -0.3 is 10.5 Å². The van der Waals surface area contributed by atoms with Gasteiger partial charge in [0.2, 0.25) is 0 Å². The van der Waals surface area contributed by atoms with Crippen LogP contribution >= 0.6 is 0 Å². The number of anilines is 1. The number of para-hydroxylation sites is 1. The van der Waals surface area contributed by atoms with Crippen molar-refractivity contribution in [2.45, 2.75) is 6.92 Å². The third kappa shape index (κ3) is 2.99. The molecule has 4 heteroatoms. The topological polar surface area (TPSA) is 52.3 Å². The van der Waals surface area contributed by atoms with E-state index >= 15 is 0 Å². The van der Waals surface area contributed by atoms with Crippen molar-refractivity contribution >= 4 is 11.7 Å². The van der Waals surface area contributed by atoms with Crippen molar-refractivity contribution in [1.82, 2.24) is 0 Å². The van der Waals surface area contributed by atoms with E-state index in [1.807, 2.05) is 30.3 Å². The normalized spacial score (nSPS) is 10.4. The SMILES string of the molecule is Cc1c(N)c(-c2ccccc2)cc(C(=O)Oc2ccccc2)c1F. The number of carbonyl (C=O) groups is 1. The molecule has 3 aromatic carbocycles. The number of esters is 1. The number of nitrogens with two attached hydrogens (primary N) is 1. The van der Waals surface area contributed by atoms with Crippen molar-refractivity contribution in [3.63, 3.8) is 0 Å². The van der Waals surface area contributed by atoms with Gasteiger partial charge in [-0.2, -0.15) is 0 Å². The zero-order chi connectivity index (χ0) is 17.1. The Labute approximate surface area is 139 Å². The predicted molar refractivity (Wildman–Crippen MR) is 92.4 cm³/mol. The zero-order valence-corrected chi connectivity index (χ0v) is 13.1. The van der Waals surface area contributed by atoms with Crippen LogP contribution in [0.25, 0.3) is 11.1 Å². The van der Waals surface area contributed by atoms with Crippen LogP contribution in [0.5, 0.6) is 5.75 Å². The second kappa shape index (κ2) is 6.54. The van der Waals surface area contributed by atoms with E-state index in [1.54, 1.807) is 37.3 Å². The molecule has 0 aliphatic rings. The molecular weight excluding hydrogens is 305 g/mol. The average molecular weight is 321 g/mol. The summed E-state index contributed by atoms with van der Waals surface area (Å²) < 4.78 is 19.8. The van der Waals surface area contributed by atoms with Crippen LogP contribution < -0.4 is 10.5 Å². The Balaban J connectivity index is 2.05. The molecule has 3 rings (SSSR count). The Morgan fingerprint density at radius 2 is 1.58 bits per heavy atom. The Morgan fingerprint density at radius 3 is 2.21 bits per heavy atom. The van der Waals surface area contributed by atoms with E-state index in [0.717, 1.165) is 5.56 Å². The van der Waals surface area contributed by atoms with Crippen LogP contribution in [-0.2, 0) is 0 Å². The molecule has 0 radical (unpaired) electrons. The van der Waals surface area contributed by atoms with E-state index in [-0.39, 0.29) is 11.1 Å². The van der Waals surface area contributed by atoms with Crippen LogP contribution in [0, 0.1) is 12.7 Å². The van der Waals surface area contributed by atoms with E-state index in [1.165, 1.54) is 6.07 Å². The lowest BCUT2D eigenvalue weighted by Gasteiger charge is -2.13. The quantitative estimate of drug-likeness (QED) is 0.436. The fraction of sp³-hybridized carbons (Fsp3) is 0.0500. The maximum Gasteiger partial charge on any atom is 0.346 e. The minimum Gasteiger partial charge on any atom is -0.423 e. The summed E-state index contributed by atoms with van der Waals surface area (Å²) >= 11 is 0. The fourth-order valence-corrected chi connectivity index (χ4v) is 2.46. The fourth-order valence-electron chi connectivity index (χ4n) is 2.46. The van der Waals surface area contributed by atoms with Gasteiger partial charge >= 0.3 is 5.97 Å². The van der Waals surface area contributed by atoms with E-state index < -0.39 is 11.8 Å². The number of benzene rings is 3. The highest BCUT2D eigenvalue weighted by Crippen LogP contribution is 2.32. The number of ether oxygens (including phenoxy) is 1. The first-order chi connectivity index (χ1) is 11.6. The smallest absolute Gasteiger partial charge is 0.346 e. The maximum absolute atomic E-state index is 14.5. The van der Waals surface area contributed by atoms with Crippen LogP contribution in [0.4, 0.5) is 10.1 Å². The standard InChI is InChI=1S/C20H16FNO2/c1-13-18(21)17(20(23)24-15-10-6-3-7-11-15)12-16(19(13)22)14-8-4-2-5-9-14/h2-12H,22H2,1H3. The molecule has 3 aromatic rings. The van der Waals surface area contributed by atoms with Crippen LogP contribution in [0.3, 0.4) is 0 Å². The molecule has 0 aromatic heterocycles. The highest BCUT2D eigenvalue weighted by Gasteiger charge is 2.21. The summed E-state index contributed by atoms with van der Waals surface area (Å²) in [5, 5.41) is 0. The Morgan fingerprint density at radius 1 is 1.00 bits per heavy atom. The summed E-state index contributed by atoms with van der Waals surface area (Å²) in [5.74, 6) is -1.05. The van der Waals surface area contributed by atoms with Crippen LogP contribution in [0.1, 0.15) is 15.9 Å². The molecule has 0 atom stereocenters. The second-order valence-electron chi connectivity index (χ2n) is 5.39. The van der Waals surface area contributed by atoms with Gasteiger partial charge in [0.05, 0.1) is 5.56 Å². The van der Waals surface area contributed by atoms with Crippen molar-refractivity contribution in [3.05, 3.63) is 83.7 Å². The molecule has 0 aliphatic heterocycles.